The molecule has 1 amide bonds. The molecule has 0 radical (unpaired) electrons. The molecule has 37 heavy (non-hydrogen) atoms. The Labute approximate surface area is 220 Å². The van der Waals surface area contributed by atoms with Gasteiger partial charge >= 0.3 is 0 Å². The summed E-state index contributed by atoms with van der Waals surface area (Å²) in [6.45, 7) is 8.64. The van der Waals surface area contributed by atoms with Crippen molar-refractivity contribution in [3.63, 3.8) is 0 Å². The Morgan fingerprint density at radius 3 is 2.81 bits per heavy atom. The van der Waals surface area contributed by atoms with Crippen LogP contribution in [0, 0.1) is 0 Å². The van der Waals surface area contributed by atoms with Crippen LogP contribution in [0.25, 0.3) is 21.8 Å². The van der Waals surface area contributed by atoms with Crippen LogP contribution < -0.4 is 10.6 Å². The second kappa shape index (κ2) is 11.7. The van der Waals surface area contributed by atoms with Gasteiger partial charge in [-0.3, -0.25) is 19.7 Å². The number of ether oxygens (including phenoxy) is 1. The number of pyridine rings is 2. The Morgan fingerprint density at radius 1 is 1.22 bits per heavy atom. The molecule has 0 spiro atoms. The fraction of sp³-hybridized carbons (Fsp3) is 0.333. The molecule has 9 nitrogen and oxygen atoms in total. The monoisotopic (exact) mass is 522 g/mol. The Morgan fingerprint density at radius 2 is 2.03 bits per heavy atom. The topological polar surface area (TPSA) is 112 Å². The summed E-state index contributed by atoms with van der Waals surface area (Å²) in [6.07, 6.45) is 7.08. The van der Waals surface area contributed by atoms with Gasteiger partial charge in [0.25, 0.3) is 0 Å². The van der Waals surface area contributed by atoms with Crippen LogP contribution in [0.5, 0.6) is 0 Å². The molecule has 5 rings (SSSR count). The number of hydrogen-bond acceptors (Lipinski definition) is 7. The average Bonchev–Trinajstić information content (AvgIpc) is 3.27. The summed E-state index contributed by atoms with van der Waals surface area (Å²) in [5, 5.41) is 9.34. The summed E-state index contributed by atoms with van der Waals surface area (Å²) in [6, 6.07) is 9.70. The van der Waals surface area contributed by atoms with Crippen molar-refractivity contribution in [3.05, 3.63) is 65.7 Å². The lowest BCUT2D eigenvalue weighted by molar-refractivity contribution is -0.133. The molecule has 0 bridgehead atoms. The zero-order valence-corrected chi connectivity index (χ0v) is 21.7. The lowest BCUT2D eigenvalue weighted by Gasteiger charge is -2.43. The second-order valence-electron chi connectivity index (χ2n) is 9.57. The summed E-state index contributed by atoms with van der Waals surface area (Å²) >= 11 is 6.46. The van der Waals surface area contributed by atoms with Crippen LogP contribution in [0.2, 0.25) is 5.02 Å². The van der Waals surface area contributed by atoms with Crippen LogP contribution >= 0.6 is 11.6 Å². The van der Waals surface area contributed by atoms with Gasteiger partial charge in [-0.1, -0.05) is 17.7 Å². The first-order valence-electron chi connectivity index (χ1n) is 12.0. The van der Waals surface area contributed by atoms with Gasteiger partial charge < -0.3 is 25.1 Å². The smallest absolute Gasteiger partial charge is 0.234 e. The fourth-order valence-corrected chi connectivity index (χ4v) is 4.81. The van der Waals surface area contributed by atoms with Crippen molar-refractivity contribution in [2.75, 3.05) is 31.6 Å². The molecule has 4 aromatic rings. The van der Waals surface area contributed by atoms with Gasteiger partial charge in [-0.15, -0.1) is 0 Å². The second-order valence-corrected chi connectivity index (χ2v) is 10.0. The largest absolute Gasteiger partial charge is 0.382 e. The molecule has 0 aliphatic carbocycles. The molecule has 0 unspecified atom stereocenters. The van der Waals surface area contributed by atoms with Gasteiger partial charge in [-0.05, 0) is 43.7 Å². The Kier molecular flexibility index (Phi) is 8.38. The molecule has 10 heteroatoms. The summed E-state index contributed by atoms with van der Waals surface area (Å²) in [5.74, 6) is -0.0233. The van der Waals surface area contributed by atoms with E-state index in [0.717, 1.165) is 33.1 Å². The number of anilines is 1. The van der Waals surface area contributed by atoms with Crippen LogP contribution in [0.15, 0.2) is 55.1 Å². The number of carbonyl (C=O) groups is 2. The number of H-pyrrole nitrogens is 1. The number of halogens is 1. The number of fused-ring (bicyclic) bond motifs is 3. The number of aromatic nitrogens is 3. The Bertz CT molecular complexity index is 1360. The zero-order chi connectivity index (χ0) is 26.4. The molecule has 1 aromatic carbocycles. The predicted molar refractivity (Wildman–Crippen MR) is 146 cm³/mol. The van der Waals surface area contributed by atoms with Crippen molar-refractivity contribution in [2.24, 2.45) is 0 Å². The lowest BCUT2D eigenvalue weighted by Crippen LogP contribution is -2.58. The maximum absolute atomic E-state index is 12.8. The minimum Gasteiger partial charge on any atom is -0.382 e. The summed E-state index contributed by atoms with van der Waals surface area (Å²) in [7, 11) is 0. The van der Waals surface area contributed by atoms with E-state index >= 15 is 0 Å². The maximum Gasteiger partial charge on any atom is 0.234 e. The van der Waals surface area contributed by atoms with Crippen molar-refractivity contribution in [1.82, 2.24) is 25.2 Å². The fourth-order valence-electron chi connectivity index (χ4n) is 4.59. The number of carbonyl (C=O) groups excluding carboxylic acids is 2. The van der Waals surface area contributed by atoms with E-state index in [1.165, 1.54) is 0 Å². The van der Waals surface area contributed by atoms with Crippen LogP contribution in [0.1, 0.15) is 19.4 Å². The summed E-state index contributed by atoms with van der Waals surface area (Å²) < 4.78 is 6.10. The predicted octanol–water partition coefficient (Wildman–Crippen LogP) is 3.79. The Hall–Kier alpha value is -3.53. The van der Waals surface area contributed by atoms with Crippen LogP contribution in [0.3, 0.4) is 0 Å². The number of aromatic amines is 1. The van der Waals surface area contributed by atoms with Gasteiger partial charge in [0.1, 0.15) is 6.79 Å². The number of morpholine rings is 1. The quantitative estimate of drug-likeness (QED) is 0.338. The molecule has 1 aliphatic rings. The van der Waals surface area contributed by atoms with Crippen molar-refractivity contribution in [2.45, 2.75) is 32.0 Å². The molecular weight excluding hydrogens is 492 g/mol. The molecular formula is C27H31ClN6O3. The molecule has 0 saturated carbocycles. The lowest BCUT2D eigenvalue weighted by atomic mass is 10.0. The van der Waals surface area contributed by atoms with E-state index in [-0.39, 0.29) is 17.6 Å². The standard InChI is InChI=1S/C26H29ClN6O2.CH2O/c1-26(2)16-33(14-24(34)31-11-17-4-3-6-28-10-17)19(15-35-26)12-30-22-9-18(27)8-21-20-5-7-29-13-23(20)32-25(21)22;1-2/h3-10,13,19,30,32H,11-12,14-16H2,1-2H3,(H,31,34);1H2/t19-;/m1./s1. The first-order valence-corrected chi connectivity index (χ1v) is 12.4. The molecule has 1 atom stereocenters. The molecule has 3 N–H and O–H groups in total. The number of nitrogens with one attached hydrogen (secondary N) is 3. The highest BCUT2D eigenvalue weighted by atomic mass is 35.5. The first-order chi connectivity index (χ1) is 17.9. The highest BCUT2D eigenvalue weighted by Gasteiger charge is 2.34. The van der Waals surface area contributed by atoms with Crippen LogP contribution in [0.4, 0.5) is 5.69 Å². The number of rotatable bonds is 7. The van der Waals surface area contributed by atoms with Gasteiger partial charge in [0, 0.05) is 54.0 Å². The normalized spacial score (nSPS) is 17.2. The van der Waals surface area contributed by atoms with E-state index in [4.69, 9.17) is 21.1 Å². The number of hydrogen-bond donors (Lipinski definition) is 3. The zero-order valence-electron chi connectivity index (χ0n) is 21.0. The third-order valence-electron chi connectivity index (χ3n) is 6.33. The minimum absolute atomic E-state index is 0.0206. The molecule has 4 heterocycles. The van der Waals surface area contributed by atoms with Gasteiger partial charge in [0.2, 0.25) is 5.91 Å². The maximum atomic E-state index is 12.8. The van der Waals surface area contributed by atoms with Gasteiger partial charge in [-0.2, -0.15) is 0 Å². The number of amides is 1. The summed E-state index contributed by atoms with van der Waals surface area (Å²) in [5.41, 5.74) is 3.50. The number of nitrogens with zero attached hydrogens (tertiary/aromatic N) is 3. The van der Waals surface area contributed by atoms with Crippen molar-refractivity contribution >= 4 is 51.8 Å². The summed E-state index contributed by atoms with van der Waals surface area (Å²) in [4.78, 5) is 34.7. The van der Waals surface area contributed by atoms with E-state index in [1.807, 2.05) is 43.3 Å². The van der Waals surface area contributed by atoms with E-state index in [9.17, 15) is 4.79 Å². The van der Waals surface area contributed by atoms with Crippen molar-refractivity contribution in [1.29, 1.82) is 0 Å². The Balaban J connectivity index is 0.00000156. The van der Waals surface area contributed by atoms with Gasteiger partial charge in [0.05, 0.1) is 47.7 Å². The molecule has 1 fully saturated rings. The molecule has 1 aliphatic heterocycles. The SMILES string of the molecule is C=O.CC1(C)CN(CC(=O)NCc2cccnc2)[C@H](CNc2cc(Cl)cc3c2[nH]c2cnccc23)CO1. The highest BCUT2D eigenvalue weighted by Crippen LogP contribution is 2.33. The molecule has 1 saturated heterocycles. The minimum atomic E-state index is -0.326. The third-order valence-corrected chi connectivity index (χ3v) is 6.55. The van der Waals surface area contributed by atoms with Gasteiger partial charge in [-0.25, -0.2) is 0 Å². The van der Waals surface area contributed by atoms with Crippen LogP contribution in [-0.2, 0) is 20.9 Å². The molecule has 3 aromatic heterocycles. The van der Waals surface area contributed by atoms with Gasteiger partial charge in [0.15, 0.2) is 0 Å². The first kappa shape index (κ1) is 26.5. The third kappa shape index (κ3) is 6.43. The molecule has 194 valence electrons. The van der Waals surface area contributed by atoms with E-state index < -0.39 is 0 Å². The van der Waals surface area contributed by atoms with Crippen molar-refractivity contribution < 1.29 is 14.3 Å². The average molecular weight is 523 g/mol. The van der Waals surface area contributed by atoms with E-state index in [2.05, 4.69) is 44.3 Å². The van der Waals surface area contributed by atoms with Crippen molar-refractivity contribution in [3.8, 4) is 0 Å². The van der Waals surface area contributed by atoms with Crippen LogP contribution in [-0.4, -0.2) is 70.4 Å². The number of benzene rings is 1. The highest BCUT2D eigenvalue weighted by molar-refractivity contribution is 6.32. The van der Waals surface area contributed by atoms with E-state index in [1.54, 1.807) is 18.6 Å². The van der Waals surface area contributed by atoms with E-state index in [0.29, 0.717) is 37.8 Å².